The number of rotatable bonds is 49. The molecular weight excluding hydrogens is 805 g/mol. The van der Waals surface area contributed by atoms with Crippen LogP contribution >= 0.6 is 0 Å². The van der Waals surface area contributed by atoms with Gasteiger partial charge in [0.1, 0.15) is 13.2 Å². The maximum Gasteiger partial charge on any atom is 0.306 e. The van der Waals surface area contributed by atoms with E-state index in [-0.39, 0.29) is 31.1 Å². The molecule has 65 heavy (non-hydrogen) atoms. The molecule has 0 radical (unpaired) electrons. The third-order valence-electron chi connectivity index (χ3n) is 11.8. The minimum absolute atomic E-state index is 0.0912. The summed E-state index contributed by atoms with van der Waals surface area (Å²) in [6.07, 6.45) is 67.5. The van der Waals surface area contributed by atoms with E-state index in [1.54, 1.807) is 0 Å². The van der Waals surface area contributed by atoms with E-state index in [0.29, 0.717) is 19.3 Å². The molecule has 0 saturated heterocycles. The second-order valence-corrected chi connectivity index (χ2v) is 18.2. The molecule has 0 N–H and O–H groups in total. The van der Waals surface area contributed by atoms with Crippen LogP contribution in [0.5, 0.6) is 0 Å². The number of esters is 3. The fraction of sp³-hybridized carbons (Fsp3) is 0.746. The Morgan fingerprint density at radius 3 is 1.00 bits per heavy atom. The average Bonchev–Trinajstić information content (AvgIpc) is 3.30. The highest BCUT2D eigenvalue weighted by atomic mass is 16.6. The number of unbranched alkanes of at least 4 members (excludes halogenated alkanes) is 30. The van der Waals surface area contributed by atoms with Crippen LogP contribution in [0.15, 0.2) is 72.9 Å². The van der Waals surface area contributed by atoms with E-state index in [1.165, 1.54) is 141 Å². The van der Waals surface area contributed by atoms with Gasteiger partial charge >= 0.3 is 17.9 Å². The fourth-order valence-electron chi connectivity index (χ4n) is 7.68. The van der Waals surface area contributed by atoms with E-state index in [9.17, 15) is 14.4 Å². The standard InChI is InChI=1S/C59H102O6/c1-4-7-10-13-16-19-22-25-27-28-29-30-32-34-37-40-43-46-49-52-58(61)64-55-56(54-63-57(60)51-48-45-42-39-36-33-24-21-18-15-12-9-6-3)65-59(62)53-50-47-44-41-38-35-31-26-23-20-17-14-11-8-5-2/h9,12,15,17-18,20-21,23-24,26,33,36,56H,4-8,10-11,13-14,16,19,22,25,27-32,34-35,37-55H2,1-3H3/b12-9-,18-15-,20-17-,24-21-,26-23-,36-33-. The van der Waals surface area contributed by atoms with Crippen LogP contribution < -0.4 is 0 Å². The van der Waals surface area contributed by atoms with Gasteiger partial charge in [-0.2, -0.15) is 0 Å². The molecular formula is C59H102O6. The van der Waals surface area contributed by atoms with Crippen molar-refractivity contribution in [2.45, 2.75) is 271 Å². The van der Waals surface area contributed by atoms with E-state index in [0.717, 1.165) is 83.5 Å². The molecule has 0 aliphatic carbocycles. The Morgan fingerprint density at radius 2 is 0.600 bits per heavy atom. The molecule has 0 rings (SSSR count). The minimum Gasteiger partial charge on any atom is -0.462 e. The van der Waals surface area contributed by atoms with Crippen molar-refractivity contribution in [1.82, 2.24) is 0 Å². The molecule has 0 bridgehead atoms. The van der Waals surface area contributed by atoms with Crippen molar-refractivity contribution >= 4 is 17.9 Å². The fourth-order valence-corrected chi connectivity index (χ4v) is 7.68. The lowest BCUT2D eigenvalue weighted by atomic mass is 10.0. The van der Waals surface area contributed by atoms with Crippen LogP contribution in [0.1, 0.15) is 265 Å². The first-order chi connectivity index (χ1) is 32.0. The zero-order chi connectivity index (χ0) is 47.2. The summed E-state index contributed by atoms with van der Waals surface area (Å²) in [6, 6.07) is 0. The summed E-state index contributed by atoms with van der Waals surface area (Å²) in [6.45, 7) is 6.44. The van der Waals surface area contributed by atoms with E-state index >= 15 is 0 Å². The molecule has 0 aliphatic heterocycles. The molecule has 6 heteroatoms. The van der Waals surface area contributed by atoms with Crippen LogP contribution in [0.4, 0.5) is 0 Å². The quantitative estimate of drug-likeness (QED) is 0.0262. The molecule has 1 unspecified atom stereocenters. The minimum atomic E-state index is -0.796. The molecule has 1 atom stereocenters. The molecule has 6 nitrogen and oxygen atoms in total. The highest BCUT2D eigenvalue weighted by Gasteiger charge is 2.19. The Kier molecular flexibility index (Phi) is 50.9. The maximum absolute atomic E-state index is 12.8. The van der Waals surface area contributed by atoms with Crippen LogP contribution in [0.25, 0.3) is 0 Å². The lowest BCUT2D eigenvalue weighted by Crippen LogP contribution is -2.30. The van der Waals surface area contributed by atoms with Crippen molar-refractivity contribution in [1.29, 1.82) is 0 Å². The monoisotopic (exact) mass is 907 g/mol. The first-order valence-electron chi connectivity index (χ1n) is 27.5. The van der Waals surface area contributed by atoms with Crippen LogP contribution in [0.2, 0.25) is 0 Å². The third kappa shape index (κ3) is 51.7. The number of hydrogen-bond donors (Lipinski definition) is 0. The number of ether oxygens (including phenoxy) is 3. The molecule has 0 amide bonds. The van der Waals surface area contributed by atoms with Crippen molar-refractivity contribution < 1.29 is 28.6 Å². The predicted octanol–water partition coefficient (Wildman–Crippen LogP) is 18.2. The van der Waals surface area contributed by atoms with Gasteiger partial charge in [0, 0.05) is 19.3 Å². The van der Waals surface area contributed by atoms with Gasteiger partial charge in [0.25, 0.3) is 0 Å². The van der Waals surface area contributed by atoms with E-state index in [1.807, 2.05) is 30.4 Å². The zero-order valence-corrected chi connectivity index (χ0v) is 42.7. The van der Waals surface area contributed by atoms with Gasteiger partial charge in [-0.1, -0.05) is 254 Å². The summed E-state index contributed by atoms with van der Waals surface area (Å²) in [5, 5.41) is 0. The molecule has 0 fully saturated rings. The first kappa shape index (κ1) is 61.9. The van der Waals surface area contributed by atoms with Gasteiger partial charge in [0.05, 0.1) is 0 Å². The van der Waals surface area contributed by atoms with E-state index in [2.05, 4.69) is 63.3 Å². The molecule has 0 aromatic heterocycles. The summed E-state index contributed by atoms with van der Waals surface area (Å²) >= 11 is 0. The molecule has 0 spiro atoms. The number of carbonyl (C=O) groups excluding carboxylic acids is 3. The van der Waals surface area contributed by atoms with Gasteiger partial charge in [-0.05, 0) is 64.2 Å². The van der Waals surface area contributed by atoms with E-state index in [4.69, 9.17) is 14.2 Å². The van der Waals surface area contributed by atoms with Gasteiger partial charge in [0.15, 0.2) is 6.10 Å². The van der Waals surface area contributed by atoms with Crippen molar-refractivity contribution in [3.05, 3.63) is 72.9 Å². The molecule has 0 aromatic rings. The first-order valence-corrected chi connectivity index (χ1v) is 27.5. The van der Waals surface area contributed by atoms with Gasteiger partial charge in [-0.15, -0.1) is 0 Å². The lowest BCUT2D eigenvalue weighted by molar-refractivity contribution is -0.167. The average molecular weight is 907 g/mol. The summed E-state index contributed by atoms with van der Waals surface area (Å²) in [7, 11) is 0. The van der Waals surface area contributed by atoms with Gasteiger partial charge in [-0.25, -0.2) is 0 Å². The Bertz CT molecular complexity index is 1230. The summed E-state index contributed by atoms with van der Waals surface area (Å²) in [5.41, 5.74) is 0. The van der Waals surface area contributed by atoms with Crippen molar-refractivity contribution in [2.24, 2.45) is 0 Å². The highest BCUT2D eigenvalue weighted by molar-refractivity contribution is 5.71. The van der Waals surface area contributed by atoms with Gasteiger partial charge in [0.2, 0.25) is 0 Å². The van der Waals surface area contributed by atoms with Crippen molar-refractivity contribution in [3.8, 4) is 0 Å². The van der Waals surface area contributed by atoms with Crippen LogP contribution in [-0.2, 0) is 28.6 Å². The molecule has 0 heterocycles. The molecule has 0 aliphatic rings. The predicted molar refractivity (Wildman–Crippen MR) is 279 cm³/mol. The Balaban J connectivity index is 4.39. The third-order valence-corrected chi connectivity index (χ3v) is 11.8. The number of carbonyl (C=O) groups is 3. The molecule has 0 aromatic carbocycles. The summed E-state index contributed by atoms with van der Waals surface area (Å²) in [5.74, 6) is -0.937. The van der Waals surface area contributed by atoms with Crippen LogP contribution in [0.3, 0.4) is 0 Å². The van der Waals surface area contributed by atoms with Gasteiger partial charge < -0.3 is 14.2 Å². The summed E-state index contributed by atoms with van der Waals surface area (Å²) < 4.78 is 16.8. The zero-order valence-electron chi connectivity index (χ0n) is 42.7. The molecule has 374 valence electrons. The lowest BCUT2D eigenvalue weighted by Gasteiger charge is -2.18. The van der Waals surface area contributed by atoms with Crippen LogP contribution in [-0.4, -0.2) is 37.2 Å². The topological polar surface area (TPSA) is 78.9 Å². The van der Waals surface area contributed by atoms with E-state index < -0.39 is 6.10 Å². The Morgan fingerprint density at radius 1 is 0.323 bits per heavy atom. The SMILES string of the molecule is CC\C=C/C=C\C=C/C=C\CCCCCC(=O)OCC(COC(=O)CCCCCCCCCCCCCCCCCCCCC)OC(=O)CCCCCCCC/C=C\C=C/CCCCC. The Hall–Kier alpha value is -3.15. The van der Waals surface area contributed by atoms with Crippen molar-refractivity contribution in [3.63, 3.8) is 0 Å². The highest BCUT2D eigenvalue weighted by Crippen LogP contribution is 2.16. The Labute approximate surface area is 402 Å². The van der Waals surface area contributed by atoms with Crippen LogP contribution in [0, 0.1) is 0 Å². The molecule has 0 saturated carbocycles. The number of hydrogen-bond acceptors (Lipinski definition) is 6. The second kappa shape index (κ2) is 53.5. The largest absolute Gasteiger partial charge is 0.462 e. The summed E-state index contributed by atoms with van der Waals surface area (Å²) in [4.78, 5) is 38.0. The smallest absolute Gasteiger partial charge is 0.306 e. The van der Waals surface area contributed by atoms with Gasteiger partial charge in [-0.3, -0.25) is 14.4 Å². The number of allylic oxidation sites excluding steroid dienone is 12. The van der Waals surface area contributed by atoms with Crippen molar-refractivity contribution in [2.75, 3.05) is 13.2 Å². The maximum atomic E-state index is 12.8. The second-order valence-electron chi connectivity index (χ2n) is 18.2. The normalized spacial score (nSPS) is 12.6.